The standard InChI is InChI=1S/C9H13NO2S/c1-12-9(11)7-5-3-2-4-6(5)13-8(7)10/h7-8H,2-4,10H2,1H3. The number of carbonyl (C=O) groups excluding carboxylic acids is 1. The Morgan fingerprint density at radius 3 is 3.08 bits per heavy atom. The first-order chi connectivity index (χ1) is 6.24. The number of nitrogens with two attached hydrogens (primary N) is 1. The molecular formula is C9H13NO2S. The summed E-state index contributed by atoms with van der Waals surface area (Å²) in [6.45, 7) is 0. The number of hydrogen-bond donors (Lipinski definition) is 1. The van der Waals surface area contributed by atoms with Crippen LogP contribution in [-0.2, 0) is 9.53 Å². The highest BCUT2D eigenvalue weighted by molar-refractivity contribution is 8.04. The summed E-state index contributed by atoms with van der Waals surface area (Å²) in [5, 5.41) is -0.113. The van der Waals surface area contributed by atoms with Crippen LogP contribution in [0.3, 0.4) is 0 Å². The highest BCUT2D eigenvalue weighted by Crippen LogP contribution is 2.48. The third kappa shape index (κ3) is 1.38. The van der Waals surface area contributed by atoms with Crippen LogP contribution in [-0.4, -0.2) is 18.5 Å². The molecule has 0 radical (unpaired) electrons. The smallest absolute Gasteiger partial charge is 0.315 e. The van der Waals surface area contributed by atoms with Crippen molar-refractivity contribution in [2.45, 2.75) is 24.6 Å². The molecule has 0 aromatic heterocycles. The van der Waals surface area contributed by atoms with E-state index in [4.69, 9.17) is 10.5 Å². The lowest BCUT2D eigenvalue weighted by atomic mass is 9.99. The SMILES string of the molecule is COC(=O)C1C2=C(CCC2)SC1N. The highest BCUT2D eigenvalue weighted by Gasteiger charge is 2.40. The number of ether oxygens (including phenoxy) is 1. The average Bonchev–Trinajstić information content (AvgIpc) is 2.62. The van der Waals surface area contributed by atoms with Gasteiger partial charge in [-0.25, -0.2) is 0 Å². The van der Waals surface area contributed by atoms with Crippen molar-refractivity contribution in [2.75, 3.05) is 7.11 Å². The van der Waals surface area contributed by atoms with Gasteiger partial charge in [0.2, 0.25) is 0 Å². The number of hydrogen-bond acceptors (Lipinski definition) is 4. The van der Waals surface area contributed by atoms with Crippen LogP contribution in [0.15, 0.2) is 10.5 Å². The summed E-state index contributed by atoms with van der Waals surface area (Å²) in [6.07, 6.45) is 3.29. The zero-order chi connectivity index (χ0) is 9.42. The van der Waals surface area contributed by atoms with E-state index in [1.807, 2.05) is 0 Å². The molecule has 0 bridgehead atoms. The van der Waals surface area contributed by atoms with Gasteiger partial charge >= 0.3 is 5.97 Å². The van der Waals surface area contributed by atoms with E-state index in [1.54, 1.807) is 11.8 Å². The summed E-state index contributed by atoms with van der Waals surface area (Å²) in [5.74, 6) is -0.348. The van der Waals surface area contributed by atoms with Crippen LogP contribution in [0.4, 0.5) is 0 Å². The quantitative estimate of drug-likeness (QED) is 0.646. The predicted octanol–water partition coefficient (Wildman–Crippen LogP) is 1.25. The summed E-state index contributed by atoms with van der Waals surface area (Å²) in [4.78, 5) is 12.8. The third-order valence-corrected chi connectivity index (χ3v) is 3.94. The molecular weight excluding hydrogens is 186 g/mol. The van der Waals surface area contributed by atoms with E-state index in [0.29, 0.717) is 0 Å². The van der Waals surface area contributed by atoms with Crippen molar-refractivity contribution in [3.63, 3.8) is 0 Å². The number of carbonyl (C=O) groups is 1. The Bertz CT molecular complexity index is 275. The molecule has 2 N–H and O–H groups in total. The average molecular weight is 199 g/mol. The van der Waals surface area contributed by atoms with Gasteiger partial charge in [-0.3, -0.25) is 4.79 Å². The number of thioether (sulfide) groups is 1. The molecule has 0 aromatic rings. The number of allylic oxidation sites excluding steroid dienone is 1. The van der Waals surface area contributed by atoms with E-state index in [1.165, 1.54) is 17.6 Å². The van der Waals surface area contributed by atoms with Gasteiger partial charge in [-0.05, 0) is 29.7 Å². The van der Waals surface area contributed by atoms with Gasteiger partial charge in [0.05, 0.1) is 12.5 Å². The molecule has 1 heterocycles. The molecule has 4 heteroatoms. The van der Waals surface area contributed by atoms with E-state index in [0.717, 1.165) is 19.3 Å². The van der Waals surface area contributed by atoms with Crippen molar-refractivity contribution in [1.82, 2.24) is 0 Å². The molecule has 0 spiro atoms. The molecule has 1 aliphatic carbocycles. The lowest BCUT2D eigenvalue weighted by Crippen LogP contribution is -2.31. The van der Waals surface area contributed by atoms with Gasteiger partial charge in [0, 0.05) is 0 Å². The van der Waals surface area contributed by atoms with E-state index in [-0.39, 0.29) is 17.3 Å². The van der Waals surface area contributed by atoms with Crippen LogP contribution in [0, 0.1) is 5.92 Å². The molecule has 0 saturated heterocycles. The first-order valence-electron chi connectivity index (χ1n) is 4.46. The summed E-state index contributed by atoms with van der Waals surface area (Å²) >= 11 is 1.64. The van der Waals surface area contributed by atoms with E-state index in [9.17, 15) is 4.79 Å². The number of esters is 1. The topological polar surface area (TPSA) is 52.3 Å². The first kappa shape index (κ1) is 9.09. The predicted molar refractivity (Wildman–Crippen MR) is 51.9 cm³/mol. The fourth-order valence-electron chi connectivity index (χ4n) is 2.04. The molecule has 13 heavy (non-hydrogen) atoms. The van der Waals surface area contributed by atoms with Crippen molar-refractivity contribution in [1.29, 1.82) is 0 Å². The van der Waals surface area contributed by atoms with E-state index >= 15 is 0 Å². The van der Waals surface area contributed by atoms with Gasteiger partial charge in [0.15, 0.2) is 0 Å². The monoisotopic (exact) mass is 199 g/mol. The summed E-state index contributed by atoms with van der Waals surface area (Å²) < 4.78 is 4.75. The fraction of sp³-hybridized carbons (Fsp3) is 0.667. The minimum Gasteiger partial charge on any atom is -0.468 e. The van der Waals surface area contributed by atoms with Crippen molar-refractivity contribution < 1.29 is 9.53 Å². The molecule has 0 saturated carbocycles. The fourth-order valence-corrected chi connectivity index (χ4v) is 3.42. The van der Waals surface area contributed by atoms with Crippen LogP contribution >= 0.6 is 11.8 Å². The summed E-state index contributed by atoms with van der Waals surface area (Å²) in [5.41, 5.74) is 7.11. The number of methoxy groups -OCH3 is 1. The van der Waals surface area contributed by atoms with Crippen molar-refractivity contribution >= 4 is 17.7 Å². The van der Waals surface area contributed by atoms with Crippen molar-refractivity contribution in [3.8, 4) is 0 Å². The first-order valence-corrected chi connectivity index (χ1v) is 5.34. The van der Waals surface area contributed by atoms with E-state index in [2.05, 4.69) is 0 Å². The van der Waals surface area contributed by atoms with Gasteiger partial charge in [-0.2, -0.15) is 0 Å². The molecule has 0 fully saturated rings. The largest absolute Gasteiger partial charge is 0.468 e. The summed E-state index contributed by atoms with van der Waals surface area (Å²) in [7, 11) is 1.42. The molecule has 2 rings (SSSR count). The Kier molecular flexibility index (Phi) is 2.34. The third-order valence-electron chi connectivity index (χ3n) is 2.65. The Balaban J connectivity index is 2.21. The molecule has 1 aliphatic heterocycles. The van der Waals surface area contributed by atoms with Crippen LogP contribution in [0.1, 0.15) is 19.3 Å². The molecule has 0 amide bonds. The van der Waals surface area contributed by atoms with Gasteiger partial charge in [0.25, 0.3) is 0 Å². The van der Waals surface area contributed by atoms with Gasteiger partial charge in [-0.15, -0.1) is 11.8 Å². The molecule has 2 aliphatic rings. The van der Waals surface area contributed by atoms with Crippen LogP contribution in [0.2, 0.25) is 0 Å². The second kappa shape index (κ2) is 3.35. The van der Waals surface area contributed by atoms with Crippen LogP contribution in [0.5, 0.6) is 0 Å². The molecule has 72 valence electrons. The zero-order valence-electron chi connectivity index (χ0n) is 7.58. The van der Waals surface area contributed by atoms with Gasteiger partial charge < -0.3 is 10.5 Å². The van der Waals surface area contributed by atoms with Crippen molar-refractivity contribution in [2.24, 2.45) is 11.7 Å². The normalized spacial score (nSPS) is 32.2. The second-order valence-corrected chi connectivity index (χ2v) is 4.66. The Labute approximate surface area is 81.7 Å². The van der Waals surface area contributed by atoms with Crippen LogP contribution in [0.25, 0.3) is 0 Å². The lowest BCUT2D eigenvalue weighted by Gasteiger charge is -2.15. The Morgan fingerprint density at radius 2 is 2.38 bits per heavy atom. The Morgan fingerprint density at radius 1 is 1.62 bits per heavy atom. The van der Waals surface area contributed by atoms with Crippen LogP contribution < -0.4 is 5.73 Å². The second-order valence-electron chi connectivity index (χ2n) is 3.39. The minimum absolute atomic E-state index is 0.113. The van der Waals surface area contributed by atoms with E-state index < -0.39 is 0 Å². The Hall–Kier alpha value is -0.480. The van der Waals surface area contributed by atoms with Gasteiger partial charge in [0.1, 0.15) is 5.92 Å². The minimum atomic E-state index is -0.174. The molecule has 2 unspecified atom stereocenters. The zero-order valence-corrected chi connectivity index (χ0v) is 8.39. The summed E-state index contributed by atoms with van der Waals surface area (Å²) in [6, 6.07) is 0. The van der Waals surface area contributed by atoms with Crippen molar-refractivity contribution in [3.05, 3.63) is 10.5 Å². The molecule has 0 aromatic carbocycles. The maximum Gasteiger partial charge on any atom is 0.315 e. The lowest BCUT2D eigenvalue weighted by molar-refractivity contribution is -0.144. The highest BCUT2D eigenvalue weighted by atomic mass is 32.2. The number of rotatable bonds is 1. The van der Waals surface area contributed by atoms with Gasteiger partial charge in [-0.1, -0.05) is 0 Å². The maximum atomic E-state index is 11.4. The molecule has 2 atom stereocenters. The maximum absolute atomic E-state index is 11.4. The molecule has 3 nitrogen and oxygen atoms in total.